The van der Waals surface area contributed by atoms with Crippen LogP contribution in [0.3, 0.4) is 0 Å². The Kier molecular flexibility index (Phi) is 8.11. The zero-order valence-corrected chi connectivity index (χ0v) is 16.9. The SMILES string of the molecule is COc1cc(CCc2cccc(CCC(N)(CO)CO)c2)cc(OC)c1OC. The molecule has 0 aromatic heterocycles. The molecule has 0 radical (unpaired) electrons. The highest BCUT2D eigenvalue weighted by Gasteiger charge is 2.22. The summed E-state index contributed by atoms with van der Waals surface area (Å²) in [6.45, 7) is -0.464. The highest BCUT2D eigenvalue weighted by Crippen LogP contribution is 2.38. The van der Waals surface area contributed by atoms with Crippen LogP contribution in [0, 0.1) is 0 Å². The summed E-state index contributed by atoms with van der Waals surface area (Å²) < 4.78 is 16.2. The number of ether oxygens (including phenoxy) is 3. The normalized spacial score (nSPS) is 11.4. The summed E-state index contributed by atoms with van der Waals surface area (Å²) in [5.74, 6) is 1.89. The molecule has 0 atom stereocenters. The van der Waals surface area contributed by atoms with Crippen LogP contribution in [0.5, 0.6) is 17.2 Å². The molecule has 2 aromatic rings. The molecule has 0 saturated carbocycles. The Hall–Kier alpha value is -2.28. The van der Waals surface area contributed by atoms with Gasteiger partial charge >= 0.3 is 0 Å². The molecule has 2 rings (SSSR count). The molecule has 0 amide bonds. The van der Waals surface area contributed by atoms with Crippen LogP contribution in [-0.2, 0) is 19.3 Å². The highest BCUT2D eigenvalue weighted by molar-refractivity contribution is 5.54. The Morgan fingerprint density at radius 3 is 1.82 bits per heavy atom. The monoisotopic (exact) mass is 389 g/mol. The number of nitrogens with two attached hydrogens (primary N) is 1. The molecule has 0 fully saturated rings. The first-order valence-electron chi connectivity index (χ1n) is 9.36. The van der Waals surface area contributed by atoms with Gasteiger partial charge in [-0.15, -0.1) is 0 Å². The van der Waals surface area contributed by atoms with Crippen molar-refractivity contribution in [1.82, 2.24) is 0 Å². The molecule has 0 spiro atoms. The predicted molar refractivity (Wildman–Crippen MR) is 109 cm³/mol. The zero-order valence-electron chi connectivity index (χ0n) is 16.9. The third kappa shape index (κ3) is 5.61. The number of methoxy groups -OCH3 is 3. The molecule has 0 bridgehead atoms. The Morgan fingerprint density at radius 1 is 0.786 bits per heavy atom. The molecule has 6 nitrogen and oxygen atoms in total. The van der Waals surface area contributed by atoms with Crippen LogP contribution in [0.4, 0.5) is 0 Å². The van der Waals surface area contributed by atoms with E-state index in [1.54, 1.807) is 21.3 Å². The smallest absolute Gasteiger partial charge is 0.203 e. The lowest BCUT2D eigenvalue weighted by Crippen LogP contribution is -2.47. The van der Waals surface area contributed by atoms with Crippen LogP contribution in [0.1, 0.15) is 23.1 Å². The van der Waals surface area contributed by atoms with Crippen LogP contribution in [0.25, 0.3) is 0 Å². The molecule has 0 aliphatic carbocycles. The summed E-state index contributed by atoms with van der Waals surface area (Å²) in [5, 5.41) is 18.7. The number of hydrogen-bond donors (Lipinski definition) is 3. The Morgan fingerprint density at radius 2 is 1.32 bits per heavy atom. The van der Waals surface area contributed by atoms with Gasteiger partial charge in [0.2, 0.25) is 5.75 Å². The van der Waals surface area contributed by atoms with E-state index in [9.17, 15) is 10.2 Å². The molecule has 0 aliphatic heterocycles. The fourth-order valence-electron chi connectivity index (χ4n) is 3.11. The lowest BCUT2D eigenvalue weighted by molar-refractivity contribution is 0.115. The standard InChI is InChI=1S/C22H31NO5/c1-26-19-12-18(13-20(27-2)21(19)28-3)8-7-16-5-4-6-17(11-16)9-10-22(23,14-24)15-25/h4-6,11-13,24-25H,7-10,14-15,23H2,1-3H3. The van der Waals surface area contributed by atoms with Crippen molar-refractivity contribution in [3.05, 3.63) is 53.1 Å². The minimum atomic E-state index is -0.938. The third-order valence-electron chi connectivity index (χ3n) is 4.96. The van der Waals surface area contributed by atoms with Crippen LogP contribution in [-0.4, -0.2) is 50.3 Å². The number of aliphatic hydroxyl groups is 2. The van der Waals surface area contributed by atoms with Gasteiger partial charge in [-0.3, -0.25) is 0 Å². The van der Waals surface area contributed by atoms with Crippen molar-refractivity contribution in [3.63, 3.8) is 0 Å². The second-order valence-electron chi connectivity index (χ2n) is 7.03. The predicted octanol–water partition coefficient (Wildman–Crippen LogP) is 2.11. The van der Waals surface area contributed by atoms with Gasteiger partial charge in [-0.1, -0.05) is 24.3 Å². The quantitative estimate of drug-likeness (QED) is 0.545. The third-order valence-corrected chi connectivity index (χ3v) is 4.96. The summed E-state index contributed by atoms with van der Waals surface area (Å²) >= 11 is 0. The summed E-state index contributed by atoms with van der Waals surface area (Å²) in [6, 6.07) is 12.2. The molecule has 0 unspecified atom stereocenters. The first kappa shape index (κ1) is 22.0. The summed E-state index contributed by atoms with van der Waals surface area (Å²) in [6.07, 6.45) is 2.92. The Balaban J connectivity index is 2.07. The van der Waals surface area contributed by atoms with Crippen molar-refractivity contribution in [1.29, 1.82) is 0 Å². The molecule has 0 saturated heterocycles. The summed E-state index contributed by atoms with van der Waals surface area (Å²) in [5.41, 5.74) is 8.47. The molecule has 154 valence electrons. The molecule has 0 aliphatic rings. The minimum absolute atomic E-state index is 0.232. The summed E-state index contributed by atoms with van der Waals surface area (Å²) in [4.78, 5) is 0. The molecule has 0 heterocycles. The highest BCUT2D eigenvalue weighted by atomic mass is 16.5. The lowest BCUT2D eigenvalue weighted by Gasteiger charge is -2.24. The van der Waals surface area contributed by atoms with Crippen LogP contribution >= 0.6 is 0 Å². The number of hydrogen-bond acceptors (Lipinski definition) is 6. The van der Waals surface area contributed by atoms with Crippen molar-refractivity contribution in [3.8, 4) is 17.2 Å². The van der Waals surface area contributed by atoms with Gasteiger partial charge in [0.15, 0.2) is 11.5 Å². The number of aryl methyl sites for hydroxylation is 3. The van der Waals surface area contributed by atoms with E-state index in [4.69, 9.17) is 19.9 Å². The largest absolute Gasteiger partial charge is 0.493 e. The molecule has 6 heteroatoms. The van der Waals surface area contributed by atoms with E-state index in [1.165, 1.54) is 5.56 Å². The van der Waals surface area contributed by atoms with Crippen LogP contribution in [0.15, 0.2) is 36.4 Å². The molecule has 2 aromatic carbocycles. The lowest BCUT2D eigenvalue weighted by atomic mass is 9.93. The van der Waals surface area contributed by atoms with Gasteiger partial charge in [0.05, 0.1) is 40.1 Å². The van der Waals surface area contributed by atoms with E-state index >= 15 is 0 Å². The number of rotatable bonds is 11. The van der Waals surface area contributed by atoms with Gasteiger partial charge < -0.3 is 30.2 Å². The first-order chi connectivity index (χ1) is 13.5. The maximum absolute atomic E-state index is 9.34. The molecule has 28 heavy (non-hydrogen) atoms. The molecular formula is C22H31NO5. The minimum Gasteiger partial charge on any atom is -0.493 e. The second-order valence-corrected chi connectivity index (χ2v) is 7.03. The number of benzene rings is 2. The zero-order chi connectivity index (χ0) is 20.6. The van der Waals surface area contributed by atoms with Crippen LogP contribution < -0.4 is 19.9 Å². The van der Waals surface area contributed by atoms with Crippen molar-refractivity contribution in [2.75, 3.05) is 34.5 Å². The number of aliphatic hydroxyl groups excluding tert-OH is 2. The average Bonchev–Trinajstić information content (AvgIpc) is 2.75. The van der Waals surface area contributed by atoms with Gasteiger partial charge in [0, 0.05) is 0 Å². The van der Waals surface area contributed by atoms with Crippen molar-refractivity contribution >= 4 is 0 Å². The fraction of sp³-hybridized carbons (Fsp3) is 0.455. The van der Waals surface area contributed by atoms with Crippen molar-refractivity contribution in [2.45, 2.75) is 31.2 Å². The van der Waals surface area contributed by atoms with Gasteiger partial charge in [-0.05, 0) is 54.5 Å². The average molecular weight is 389 g/mol. The van der Waals surface area contributed by atoms with E-state index in [0.717, 1.165) is 24.0 Å². The maximum Gasteiger partial charge on any atom is 0.203 e. The van der Waals surface area contributed by atoms with Gasteiger partial charge in [0.25, 0.3) is 0 Å². The van der Waals surface area contributed by atoms with E-state index in [2.05, 4.69) is 12.1 Å². The van der Waals surface area contributed by atoms with Crippen molar-refractivity contribution < 1.29 is 24.4 Å². The Labute approximate surface area is 166 Å². The second kappa shape index (κ2) is 10.3. The van der Waals surface area contributed by atoms with Gasteiger partial charge in [-0.25, -0.2) is 0 Å². The van der Waals surface area contributed by atoms with E-state index in [1.807, 2.05) is 24.3 Å². The Bertz CT molecular complexity index is 733. The van der Waals surface area contributed by atoms with E-state index in [-0.39, 0.29) is 13.2 Å². The van der Waals surface area contributed by atoms with Crippen LogP contribution in [0.2, 0.25) is 0 Å². The molecule has 4 N–H and O–H groups in total. The van der Waals surface area contributed by atoms with E-state index in [0.29, 0.717) is 30.1 Å². The van der Waals surface area contributed by atoms with E-state index < -0.39 is 5.54 Å². The van der Waals surface area contributed by atoms with Gasteiger partial charge in [-0.2, -0.15) is 0 Å². The molecular weight excluding hydrogens is 358 g/mol. The van der Waals surface area contributed by atoms with Crippen molar-refractivity contribution in [2.24, 2.45) is 5.73 Å². The summed E-state index contributed by atoms with van der Waals surface area (Å²) in [7, 11) is 4.82. The maximum atomic E-state index is 9.34. The van der Waals surface area contributed by atoms with Gasteiger partial charge in [0.1, 0.15) is 0 Å². The first-order valence-corrected chi connectivity index (χ1v) is 9.36. The fourth-order valence-corrected chi connectivity index (χ4v) is 3.11. The topological polar surface area (TPSA) is 94.2 Å².